The van der Waals surface area contributed by atoms with Crippen molar-refractivity contribution in [2.24, 2.45) is 0 Å². The van der Waals surface area contributed by atoms with E-state index in [-0.39, 0.29) is 0 Å². The summed E-state index contributed by atoms with van der Waals surface area (Å²) in [5.74, 6) is 0.734. The van der Waals surface area contributed by atoms with Crippen LogP contribution < -0.4 is 0 Å². The summed E-state index contributed by atoms with van der Waals surface area (Å²) >= 11 is 0. The van der Waals surface area contributed by atoms with Crippen LogP contribution in [0.1, 0.15) is 38.1 Å². The molecule has 2 aromatic rings. The summed E-state index contributed by atoms with van der Waals surface area (Å²) < 4.78 is 2.04. The van der Waals surface area contributed by atoms with Gasteiger partial charge >= 0.3 is 0 Å². The Bertz CT molecular complexity index is 492. The number of aryl methyl sites for hydroxylation is 1. The van der Waals surface area contributed by atoms with E-state index in [1.54, 1.807) is 6.20 Å². The molecule has 0 fully saturated rings. The third-order valence-electron chi connectivity index (χ3n) is 3.31. The highest BCUT2D eigenvalue weighted by atomic mass is 16.3. The quantitative estimate of drug-likeness (QED) is 0.878. The van der Waals surface area contributed by atoms with Gasteiger partial charge in [0.25, 0.3) is 0 Å². The minimum atomic E-state index is -1.00. The van der Waals surface area contributed by atoms with E-state index in [1.165, 1.54) is 0 Å². The van der Waals surface area contributed by atoms with Gasteiger partial charge in [-0.15, -0.1) is 0 Å². The SMILES string of the molecule is CCCn1ccnc1C(O)(CC)c1ccccc1. The first-order valence-corrected chi connectivity index (χ1v) is 6.52. The topological polar surface area (TPSA) is 38.0 Å². The first-order chi connectivity index (χ1) is 8.72. The summed E-state index contributed by atoms with van der Waals surface area (Å²) in [4.78, 5) is 4.37. The van der Waals surface area contributed by atoms with Gasteiger partial charge in [-0.2, -0.15) is 0 Å². The minimum absolute atomic E-state index is 0.609. The summed E-state index contributed by atoms with van der Waals surface area (Å²) in [7, 11) is 0. The molecule has 1 heterocycles. The molecule has 96 valence electrons. The van der Waals surface area contributed by atoms with Crippen molar-refractivity contribution < 1.29 is 5.11 Å². The summed E-state index contributed by atoms with van der Waals surface area (Å²) in [6.45, 7) is 4.99. The average molecular weight is 244 g/mol. The lowest BCUT2D eigenvalue weighted by molar-refractivity contribution is 0.0629. The molecule has 0 bridgehead atoms. The number of rotatable bonds is 5. The summed E-state index contributed by atoms with van der Waals surface area (Å²) in [5.41, 5.74) is -0.101. The van der Waals surface area contributed by atoms with E-state index in [0.717, 1.165) is 24.4 Å². The fourth-order valence-corrected chi connectivity index (χ4v) is 2.30. The Hall–Kier alpha value is -1.61. The van der Waals surface area contributed by atoms with Gasteiger partial charge in [-0.25, -0.2) is 4.98 Å². The smallest absolute Gasteiger partial charge is 0.147 e. The maximum Gasteiger partial charge on any atom is 0.147 e. The lowest BCUT2D eigenvalue weighted by Crippen LogP contribution is -2.30. The van der Waals surface area contributed by atoms with Gasteiger partial charge in [0, 0.05) is 18.9 Å². The minimum Gasteiger partial charge on any atom is -0.377 e. The number of hydrogen-bond acceptors (Lipinski definition) is 2. The second-order valence-corrected chi connectivity index (χ2v) is 4.52. The molecule has 0 saturated heterocycles. The lowest BCUT2D eigenvalue weighted by Gasteiger charge is -2.27. The Morgan fingerprint density at radius 3 is 2.56 bits per heavy atom. The largest absolute Gasteiger partial charge is 0.377 e. The zero-order valence-electron chi connectivity index (χ0n) is 11.0. The summed E-state index contributed by atoms with van der Waals surface area (Å²) in [6.07, 6.45) is 5.33. The molecule has 3 heteroatoms. The van der Waals surface area contributed by atoms with Crippen LogP contribution in [-0.2, 0) is 12.1 Å². The van der Waals surface area contributed by atoms with Crippen LogP contribution in [0.5, 0.6) is 0 Å². The monoisotopic (exact) mass is 244 g/mol. The van der Waals surface area contributed by atoms with Crippen LogP contribution in [0.25, 0.3) is 0 Å². The molecule has 18 heavy (non-hydrogen) atoms. The molecule has 0 aliphatic rings. The average Bonchev–Trinajstić information content (AvgIpc) is 2.88. The zero-order valence-corrected chi connectivity index (χ0v) is 11.0. The molecular formula is C15H20N2O. The fraction of sp³-hybridized carbons (Fsp3) is 0.400. The van der Waals surface area contributed by atoms with Crippen LogP contribution in [0.4, 0.5) is 0 Å². The number of aromatic nitrogens is 2. The van der Waals surface area contributed by atoms with E-state index < -0.39 is 5.60 Å². The van der Waals surface area contributed by atoms with E-state index in [1.807, 2.05) is 48.0 Å². The highest BCUT2D eigenvalue weighted by Crippen LogP contribution is 2.31. The van der Waals surface area contributed by atoms with Crippen LogP contribution in [0.15, 0.2) is 42.7 Å². The van der Waals surface area contributed by atoms with Crippen LogP contribution in [0, 0.1) is 0 Å². The molecule has 0 spiro atoms. The van der Waals surface area contributed by atoms with E-state index >= 15 is 0 Å². The number of nitrogens with zero attached hydrogens (tertiary/aromatic N) is 2. The highest BCUT2D eigenvalue weighted by Gasteiger charge is 2.33. The normalized spacial score (nSPS) is 14.4. The van der Waals surface area contributed by atoms with Crippen LogP contribution in [-0.4, -0.2) is 14.7 Å². The van der Waals surface area contributed by atoms with Gasteiger partial charge < -0.3 is 9.67 Å². The molecular weight excluding hydrogens is 224 g/mol. The predicted octanol–water partition coefficient (Wildman–Crippen LogP) is 2.94. The van der Waals surface area contributed by atoms with Crippen molar-refractivity contribution in [3.05, 3.63) is 54.1 Å². The number of hydrogen-bond donors (Lipinski definition) is 1. The Morgan fingerprint density at radius 2 is 1.94 bits per heavy atom. The van der Waals surface area contributed by atoms with Crippen LogP contribution in [0.2, 0.25) is 0 Å². The van der Waals surface area contributed by atoms with Gasteiger partial charge in [-0.1, -0.05) is 44.2 Å². The zero-order chi connectivity index (χ0) is 13.0. The molecule has 0 amide bonds. The third kappa shape index (κ3) is 2.18. The van der Waals surface area contributed by atoms with Gasteiger partial charge in [0.1, 0.15) is 11.4 Å². The van der Waals surface area contributed by atoms with E-state index in [4.69, 9.17) is 0 Å². The second-order valence-electron chi connectivity index (χ2n) is 4.52. The molecule has 3 nitrogen and oxygen atoms in total. The van der Waals surface area contributed by atoms with E-state index in [9.17, 15) is 5.11 Å². The fourth-order valence-electron chi connectivity index (χ4n) is 2.30. The number of imidazole rings is 1. The van der Waals surface area contributed by atoms with Crippen molar-refractivity contribution in [3.63, 3.8) is 0 Å². The number of aliphatic hydroxyl groups is 1. The van der Waals surface area contributed by atoms with Crippen LogP contribution >= 0.6 is 0 Å². The Kier molecular flexibility index (Phi) is 3.82. The molecule has 2 rings (SSSR count). The summed E-state index contributed by atoms with van der Waals surface area (Å²) in [5, 5.41) is 11.0. The maximum atomic E-state index is 11.0. The molecule has 1 unspecified atom stereocenters. The molecule has 0 aliphatic carbocycles. The Morgan fingerprint density at radius 1 is 1.22 bits per heavy atom. The molecule has 1 aromatic carbocycles. The van der Waals surface area contributed by atoms with Crippen molar-refractivity contribution in [1.82, 2.24) is 9.55 Å². The third-order valence-corrected chi connectivity index (χ3v) is 3.31. The number of benzene rings is 1. The Balaban J connectivity index is 2.46. The standard InChI is InChI=1S/C15H20N2O/c1-3-11-17-12-10-16-14(17)15(18,4-2)13-8-6-5-7-9-13/h5-10,12,18H,3-4,11H2,1-2H3. The lowest BCUT2D eigenvalue weighted by atomic mass is 9.90. The van der Waals surface area contributed by atoms with Gasteiger partial charge in [-0.3, -0.25) is 0 Å². The van der Waals surface area contributed by atoms with Crippen molar-refractivity contribution in [1.29, 1.82) is 0 Å². The van der Waals surface area contributed by atoms with Gasteiger partial charge in [0.15, 0.2) is 0 Å². The molecule has 0 radical (unpaired) electrons. The molecule has 1 atom stereocenters. The van der Waals surface area contributed by atoms with Crippen molar-refractivity contribution in [3.8, 4) is 0 Å². The van der Waals surface area contributed by atoms with Crippen molar-refractivity contribution in [2.45, 2.75) is 38.8 Å². The summed E-state index contributed by atoms with van der Waals surface area (Å²) in [6, 6.07) is 9.76. The second kappa shape index (κ2) is 5.36. The predicted molar refractivity (Wildman–Crippen MR) is 72.2 cm³/mol. The highest BCUT2D eigenvalue weighted by molar-refractivity contribution is 5.29. The molecule has 1 aromatic heterocycles. The first-order valence-electron chi connectivity index (χ1n) is 6.52. The Labute approximate surface area is 108 Å². The molecule has 0 aliphatic heterocycles. The van der Waals surface area contributed by atoms with Crippen LogP contribution in [0.3, 0.4) is 0 Å². The van der Waals surface area contributed by atoms with Crippen molar-refractivity contribution >= 4 is 0 Å². The van der Waals surface area contributed by atoms with E-state index in [2.05, 4.69) is 11.9 Å². The maximum absolute atomic E-state index is 11.0. The molecule has 0 saturated carbocycles. The van der Waals surface area contributed by atoms with Crippen molar-refractivity contribution in [2.75, 3.05) is 0 Å². The molecule has 1 N–H and O–H groups in total. The van der Waals surface area contributed by atoms with Gasteiger partial charge in [-0.05, 0) is 18.4 Å². The van der Waals surface area contributed by atoms with E-state index in [0.29, 0.717) is 6.42 Å². The van der Waals surface area contributed by atoms with Gasteiger partial charge in [0.2, 0.25) is 0 Å². The van der Waals surface area contributed by atoms with Gasteiger partial charge in [0.05, 0.1) is 0 Å². The first kappa shape index (κ1) is 12.8.